The van der Waals surface area contributed by atoms with Crippen molar-refractivity contribution in [2.45, 2.75) is 29.8 Å². The molecule has 2 fully saturated rings. The average Bonchev–Trinajstić information content (AvgIpc) is 3.44. The minimum atomic E-state index is -4.40. The number of hydrogen-bond acceptors (Lipinski definition) is 5. The lowest BCUT2D eigenvalue weighted by molar-refractivity contribution is -0.138. The first-order valence-corrected chi connectivity index (χ1v) is 12.6. The van der Waals surface area contributed by atoms with Crippen LogP contribution < -0.4 is 0 Å². The van der Waals surface area contributed by atoms with Crippen molar-refractivity contribution in [3.8, 4) is 0 Å². The molecule has 33 heavy (non-hydrogen) atoms. The number of amides is 1. The van der Waals surface area contributed by atoms with E-state index in [1.807, 2.05) is 0 Å². The van der Waals surface area contributed by atoms with E-state index in [9.17, 15) is 26.4 Å². The highest BCUT2D eigenvalue weighted by Gasteiger charge is 2.45. The van der Waals surface area contributed by atoms with E-state index in [0.717, 1.165) is 6.07 Å². The Bertz CT molecular complexity index is 1340. The Morgan fingerprint density at radius 1 is 1.03 bits per heavy atom. The summed E-state index contributed by atoms with van der Waals surface area (Å²) in [6.07, 6.45) is -2.07. The van der Waals surface area contributed by atoms with Crippen molar-refractivity contribution < 1.29 is 26.4 Å². The van der Waals surface area contributed by atoms with Crippen LogP contribution in [-0.2, 0) is 15.2 Å². The third kappa shape index (κ3) is 3.97. The highest BCUT2D eigenvalue weighted by Crippen LogP contribution is 2.49. The van der Waals surface area contributed by atoms with Gasteiger partial charge in [-0.25, -0.2) is 8.42 Å². The van der Waals surface area contributed by atoms with E-state index in [4.69, 9.17) is 10.7 Å². The van der Waals surface area contributed by atoms with Crippen molar-refractivity contribution in [2.24, 2.45) is 11.8 Å². The molecule has 0 radical (unpaired) electrons. The highest BCUT2D eigenvalue weighted by atomic mass is 35.7. The van der Waals surface area contributed by atoms with Crippen LogP contribution in [0.4, 0.5) is 13.2 Å². The molecule has 7 nitrogen and oxygen atoms in total. The smallest absolute Gasteiger partial charge is 0.335 e. The topological polar surface area (TPSA) is 84.6 Å². The summed E-state index contributed by atoms with van der Waals surface area (Å²) in [5, 5.41) is 7.83. The van der Waals surface area contributed by atoms with E-state index in [-0.39, 0.29) is 28.5 Å². The predicted molar refractivity (Wildman–Crippen MR) is 112 cm³/mol. The van der Waals surface area contributed by atoms with E-state index in [1.165, 1.54) is 28.8 Å². The number of aromatic nitrogens is 3. The number of pyridine rings is 1. The van der Waals surface area contributed by atoms with Crippen molar-refractivity contribution in [3.63, 3.8) is 0 Å². The number of carbonyl (C=O) groups is 1. The van der Waals surface area contributed by atoms with Gasteiger partial charge < -0.3 is 4.90 Å². The molecule has 0 bridgehead atoms. The molecule has 3 heterocycles. The lowest BCUT2D eigenvalue weighted by atomic mass is 9.91. The fourth-order valence-corrected chi connectivity index (χ4v) is 5.87. The Hall–Kier alpha value is -2.66. The van der Waals surface area contributed by atoms with Crippen LogP contribution in [0.15, 0.2) is 47.5 Å². The summed E-state index contributed by atoms with van der Waals surface area (Å²) in [5.41, 5.74) is 0.0176. The summed E-state index contributed by atoms with van der Waals surface area (Å²) < 4.78 is 64.9. The van der Waals surface area contributed by atoms with Gasteiger partial charge in [-0.2, -0.15) is 13.2 Å². The van der Waals surface area contributed by atoms with Gasteiger partial charge in [0.05, 0.1) is 10.5 Å². The maximum absolute atomic E-state index is 13.4. The first-order valence-electron chi connectivity index (χ1n) is 10.3. The molecule has 2 aromatic heterocycles. The van der Waals surface area contributed by atoms with Gasteiger partial charge in [0, 0.05) is 30.0 Å². The van der Waals surface area contributed by atoms with Gasteiger partial charge in [0.1, 0.15) is 0 Å². The van der Waals surface area contributed by atoms with Gasteiger partial charge >= 0.3 is 6.18 Å². The monoisotopic (exact) mass is 498 g/mol. The van der Waals surface area contributed by atoms with E-state index in [1.54, 1.807) is 17.0 Å². The van der Waals surface area contributed by atoms with E-state index in [2.05, 4.69) is 10.2 Å². The molecule has 3 atom stereocenters. The normalized spacial score (nSPS) is 23.3. The molecule has 1 saturated heterocycles. The van der Waals surface area contributed by atoms with Gasteiger partial charge in [-0.1, -0.05) is 18.2 Å². The summed E-state index contributed by atoms with van der Waals surface area (Å²) in [5.74, 6) is -0.490. The second kappa shape index (κ2) is 7.69. The van der Waals surface area contributed by atoms with E-state index in [0.29, 0.717) is 37.1 Å². The van der Waals surface area contributed by atoms with Crippen LogP contribution in [0, 0.1) is 11.8 Å². The van der Waals surface area contributed by atoms with Crippen LogP contribution >= 0.6 is 10.7 Å². The summed E-state index contributed by atoms with van der Waals surface area (Å²) in [6, 6.07) is 8.36. The quantitative estimate of drug-likeness (QED) is 0.511. The lowest BCUT2D eigenvalue weighted by Crippen LogP contribution is -2.31. The summed E-state index contributed by atoms with van der Waals surface area (Å²) in [7, 11) is 1.40. The third-order valence-corrected chi connectivity index (χ3v) is 7.93. The maximum atomic E-state index is 13.4. The molecule has 1 aromatic carbocycles. The Balaban J connectivity index is 1.35. The van der Waals surface area contributed by atoms with Crippen molar-refractivity contribution >= 4 is 31.3 Å². The predicted octanol–water partition coefficient (Wildman–Crippen LogP) is 3.94. The molecule has 12 heteroatoms. The van der Waals surface area contributed by atoms with Crippen molar-refractivity contribution in [1.29, 1.82) is 0 Å². The molecule has 1 aliphatic carbocycles. The molecule has 0 N–H and O–H groups in total. The van der Waals surface area contributed by atoms with Crippen molar-refractivity contribution in [3.05, 3.63) is 59.5 Å². The van der Waals surface area contributed by atoms with Crippen LogP contribution in [0.1, 0.15) is 40.5 Å². The molecule has 174 valence electrons. The number of likely N-dealkylation sites (tertiary alicyclic amines) is 1. The Labute approximate surface area is 191 Å². The van der Waals surface area contributed by atoms with Crippen LogP contribution in [-0.4, -0.2) is 46.9 Å². The number of nitrogens with zero attached hydrogens (tertiary/aromatic N) is 4. The number of carbonyl (C=O) groups excluding carboxylic acids is 1. The Morgan fingerprint density at radius 2 is 1.70 bits per heavy atom. The summed E-state index contributed by atoms with van der Waals surface area (Å²) >= 11 is 0. The number of halogens is 4. The van der Waals surface area contributed by atoms with Gasteiger partial charge in [-0.15, -0.1) is 10.2 Å². The second-order valence-corrected chi connectivity index (χ2v) is 11.1. The lowest BCUT2D eigenvalue weighted by Gasteiger charge is -2.21. The highest BCUT2D eigenvalue weighted by molar-refractivity contribution is 8.13. The molecule has 0 unspecified atom stereocenters. The SMILES string of the molecule is O=C(c1nnc2ccc(S(=O)(=O)Cl)cn12)N1C[C@H]2C[C@@H](c3ccccc3C(F)(F)F)C[C@H]2C1. The number of hydrogen-bond donors (Lipinski definition) is 0. The fraction of sp³-hybridized carbons (Fsp3) is 0.381. The van der Waals surface area contributed by atoms with Crippen molar-refractivity contribution in [2.75, 3.05) is 13.1 Å². The average molecular weight is 499 g/mol. The first-order chi connectivity index (χ1) is 15.5. The zero-order valence-corrected chi connectivity index (χ0v) is 18.6. The number of rotatable bonds is 3. The third-order valence-electron chi connectivity index (χ3n) is 6.59. The number of benzene rings is 1. The molecule has 1 saturated carbocycles. The van der Waals surface area contributed by atoms with Crippen LogP contribution in [0.2, 0.25) is 0 Å². The molecule has 1 amide bonds. The number of fused-ring (bicyclic) bond motifs is 2. The molecular formula is C21H18ClF3N4O3S. The van der Waals surface area contributed by atoms with Crippen LogP contribution in [0.3, 0.4) is 0 Å². The molecule has 3 aromatic rings. The minimum Gasteiger partial charge on any atom is -0.335 e. The van der Waals surface area contributed by atoms with Crippen molar-refractivity contribution in [1.82, 2.24) is 19.5 Å². The summed E-state index contributed by atoms with van der Waals surface area (Å²) in [6.45, 7) is 0.799. The van der Waals surface area contributed by atoms with E-state index < -0.39 is 26.7 Å². The standard InChI is InChI=1S/C21H18ClF3N4O3S/c22-33(31,32)15-5-6-18-26-27-19(29(18)11-15)20(30)28-9-13-7-12(8-14(13)10-28)16-3-1-2-4-17(16)21(23,24)25/h1-6,11-14H,7-10H2/t12-,13-,14+. The van der Waals surface area contributed by atoms with Gasteiger partial charge in [0.15, 0.2) is 5.65 Å². The van der Waals surface area contributed by atoms with Crippen LogP contribution in [0.25, 0.3) is 5.65 Å². The Kier molecular flexibility index (Phi) is 5.16. The largest absolute Gasteiger partial charge is 0.416 e. The van der Waals surface area contributed by atoms with Gasteiger partial charge in [-0.05, 0) is 54.4 Å². The molecule has 5 rings (SSSR count). The molecule has 2 aliphatic rings. The zero-order valence-electron chi connectivity index (χ0n) is 17.0. The number of alkyl halides is 3. The van der Waals surface area contributed by atoms with Gasteiger partial charge in [0.2, 0.25) is 5.82 Å². The molecule has 1 aliphatic heterocycles. The Morgan fingerprint density at radius 3 is 2.33 bits per heavy atom. The summed E-state index contributed by atoms with van der Waals surface area (Å²) in [4.78, 5) is 14.5. The van der Waals surface area contributed by atoms with Gasteiger partial charge in [0.25, 0.3) is 15.0 Å². The first kappa shape index (κ1) is 22.1. The van der Waals surface area contributed by atoms with Crippen LogP contribution in [0.5, 0.6) is 0 Å². The maximum Gasteiger partial charge on any atom is 0.416 e. The minimum absolute atomic E-state index is 0.0360. The van der Waals surface area contributed by atoms with Gasteiger partial charge in [-0.3, -0.25) is 9.20 Å². The van der Waals surface area contributed by atoms with E-state index >= 15 is 0 Å². The zero-order chi connectivity index (χ0) is 23.5. The second-order valence-electron chi connectivity index (χ2n) is 8.54. The molecular weight excluding hydrogens is 481 g/mol. The molecule has 0 spiro atoms. The fourth-order valence-electron chi connectivity index (χ4n) is 5.13.